The van der Waals surface area contributed by atoms with E-state index in [0.717, 1.165) is 36.1 Å². The van der Waals surface area contributed by atoms with Gasteiger partial charge in [-0.05, 0) is 19.3 Å². The van der Waals surface area contributed by atoms with Crippen molar-refractivity contribution in [2.24, 2.45) is 7.05 Å². The average Bonchev–Trinajstić information content (AvgIpc) is 2.50. The van der Waals surface area contributed by atoms with Crippen molar-refractivity contribution < 1.29 is 4.79 Å². The number of allylic oxidation sites excluding steroid dienone is 1. The van der Waals surface area contributed by atoms with E-state index in [1.807, 2.05) is 38.4 Å². The summed E-state index contributed by atoms with van der Waals surface area (Å²) in [6, 6.07) is 0. The molecule has 0 radical (unpaired) electrons. The van der Waals surface area contributed by atoms with E-state index in [4.69, 9.17) is 0 Å². The van der Waals surface area contributed by atoms with Gasteiger partial charge in [-0.3, -0.25) is 9.48 Å². The van der Waals surface area contributed by atoms with Crippen molar-refractivity contribution in [1.82, 2.24) is 14.7 Å². The van der Waals surface area contributed by atoms with Gasteiger partial charge in [-0.15, -0.1) is 0 Å². The monoisotopic (exact) mass is 219 g/mol. The number of aromatic nitrogens is 2. The summed E-state index contributed by atoms with van der Waals surface area (Å²) in [4.78, 5) is 14.2. The molecule has 0 spiro atoms. The Morgan fingerprint density at radius 2 is 2.19 bits per heavy atom. The molecule has 2 rings (SSSR count). The number of ketones is 1. The van der Waals surface area contributed by atoms with E-state index in [2.05, 4.69) is 5.10 Å². The predicted octanol–water partition coefficient (Wildman–Crippen LogP) is 1.38. The summed E-state index contributed by atoms with van der Waals surface area (Å²) in [6.45, 7) is 0. The maximum Gasteiger partial charge on any atom is 0.193 e. The molecule has 0 aliphatic heterocycles. The molecule has 0 aromatic carbocycles. The van der Waals surface area contributed by atoms with Crippen LogP contribution in [0.5, 0.6) is 0 Å². The Morgan fingerprint density at radius 1 is 1.44 bits per heavy atom. The lowest BCUT2D eigenvalue weighted by Gasteiger charge is -2.08. The average molecular weight is 219 g/mol. The summed E-state index contributed by atoms with van der Waals surface area (Å²) >= 11 is 0. The fraction of sp³-hybridized carbons (Fsp3) is 0.500. The zero-order valence-corrected chi connectivity index (χ0v) is 10.0. The van der Waals surface area contributed by atoms with E-state index in [9.17, 15) is 4.79 Å². The number of Topliss-reactive ketones (excluding diaryl/α,β-unsaturated/α-hetero) is 1. The number of aryl methyl sites for hydroxylation is 2. The SMILES string of the molecule is CN(C)/C=C1/CCCc2nn(C)cc2C1=O. The minimum Gasteiger partial charge on any atom is -0.383 e. The van der Waals surface area contributed by atoms with Gasteiger partial charge in [0.05, 0.1) is 11.3 Å². The summed E-state index contributed by atoms with van der Waals surface area (Å²) in [5.41, 5.74) is 2.60. The van der Waals surface area contributed by atoms with Crippen LogP contribution in [0.4, 0.5) is 0 Å². The van der Waals surface area contributed by atoms with E-state index >= 15 is 0 Å². The minimum absolute atomic E-state index is 0.134. The Kier molecular flexibility index (Phi) is 2.81. The van der Waals surface area contributed by atoms with Crippen molar-refractivity contribution >= 4 is 5.78 Å². The third-order valence-corrected chi connectivity index (χ3v) is 2.72. The molecule has 0 bridgehead atoms. The van der Waals surface area contributed by atoms with E-state index in [1.165, 1.54) is 0 Å². The van der Waals surface area contributed by atoms with Crippen LogP contribution in [0, 0.1) is 0 Å². The number of hydrogen-bond acceptors (Lipinski definition) is 3. The van der Waals surface area contributed by atoms with Gasteiger partial charge in [0.2, 0.25) is 0 Å². The highest BCUT2D eigenvalue weighted by atomic mass is 16.1. The van der Waals surface area contributed by atoms with Gasteiger partial charge in [0.15, 0.2) is 5.78 Å². The zero-order valence-electron chi connectivity index (χ0n) is 10.0. The second-order valence-corrected chi connectivity index (χ2v) is 4.46. The van der Waals surface area contributed by atoms with Crippen LogP contribution >= 0.6 is 0 Å². The number of hydrogen-bond donors (Lipinski definition) is 0. The van der Waals surface area contributed by atoms with Crippen molar-refractivity contribution in [3.8, 4) is 0 Å². The smallest absolute Gasteiger partial charge is 0.193 e. The first kappa shape index (κ1) is 10.9. The molecule has 0 atom stereocenters. The van der Waals surface area contributed by atoms with Crippen LogP contribution in [0.2, 0.25) is 0 Å². The molecular weight excluding hydrogens is 202 g/mol. The molecule has 0 unspecified atom stereocenters. The van der Waals surface area contributed by atoms with Gasteiger partial charge >= 0.3 is 0 Å². The van der Waals surface area contributed by atoms with Crippen LogP contribution in [-0.2, 0) is 13.5 Å². The highest BCUT2D eigenvalue weighted by Crippen LogP contribution is 2.23. The van der Waals surface area contributed by atoms with E-state index in [1.54, 1.807) is 4.68 Å². The Hall–Kier alpha value is -1.58. The molecule has 0 saturated carbocycles. The van der Waals surface area contributed by atoms with Gasteiger partial charge in [0.25, 0.3) is 0 Å². The molecule has 0 amide bonds. The predicted molar refractivity (Wildman–Crippen MR) is 62.2 cm³/mol. The van der Waals surface area contributed by atoms with Crippen LogP contribution in [0.15, 0.2) is 18.0 Å². The highest BCUT2D eigenvalue weighted by Gasteiger charge is 2.22. The summed E-state index contributed by atoms with van der Waals surface area (Å²) < 4.78 is 1.72. The molecule has 0 N–H and O–H groups in total. The molecule has 1 aromatic rings. The van der Waals surface area contributed by atoms with Crippen LogP contribution in [0.3, 0.4) is 0 Å². The minimum atomic E-state index is 0.134. The molecule has 1 aromatic heterocycles. The summed E-state index contributed by atoms with van der Waals surface area (Å²) in [5, 5.41) is 4.33. The van der Waals surface area contributed by atoms with E-state index in [0.29, 0.717) is 0 Å². The Bertz CT molecular complexity index is 443. The zero-order chi connectivity index (χ0) is 11.7. The highest BCUT2D eigenvalue weighted by molar-refractivity contribution is 6.09. The first-order valence-electron chi connectivity index (χ1n) is 5.52. The third-order valence-electron chi connectivity index (χ3n) is 2.72. The fourth-order valence-corrected chi connectivity index (χ4v) is 2.08. The Balaban J connectivity index is 2.40. The molecule has 4 nitrogen and oxygen atoms in total. The van der Waals surface area contributed by atoms with E-state index < -0.39 is 0 Å². The number of nitrogens with zero attached hydrogens (tertiary/aromatic N) is 3. The molecule has 1 aliphatic carbocycles. The standard InChI is InChI=1S/C12H17N3O/c1-14(2)7-9-5-4-6-11-10(12(9)16)8-15(3)13-11/h7-8H,4-6H2,1-3H3/b9-7-. The lowest BCUT2D eigenvalue weighted by Crippen LogP contribution is -2.09. The van der Waals surface area contributed by atoms with Crippen molar-refractivity contribution in [3.05, 3.63) is 29.2 Å². The Morgan fingerprint density at radius 3 is 2.88 bits per heavy atom. The molecule has 16 heavy (non-hydrogen) atoms. The number of rotatable bonds is 1. The van der Waals surface area contributed by atoms with Gasteiger partial charge in [-0.2, -0.15) is 5.10 Å². The molecular formula is C12H17N3O. The van der Waals surface area contributed by atoms with Crippen LogP contribution in [-0.4, -0.2) is 34.6 Å². The summed E-state index contributed by atoms with van der Waals surface area (Å²) in [6.07, 6.45) is 6.48. The second kappa shape index (κ2) is 4.12. The van der Waals surface area contributed by atoms with Crippen molar-refractivity contribution in [3.63, 3.8) is 0 Å². The molecule has 1 aliphatic rings. The molecule has 1 heterocycles. The topological polar surface area (TPSA) is 38.1 Å². The first-order valence-corrected chi connectivity index (χ1v) is 5.52. The van der Waals surface area contributed by atoms with Crippen molar-refractivity contribution in [1.29, 1.82) is 0 Å². The maximum absolute atomic E-state index is 12.2. The lowest BCUT2D eigenvalue weighted by atomic mass is 10.1. The van der Waals surface area contributed by atoms with Gasteiger partial charge < -0.3 is 4.90 Å². The van der Waals surface area contributed by atoms with Crippen LogP contribution in [0.25, 0.3) is 0 Å². The molecule has 86 valence electrons. The van der Waals surface area contributed by atoms with Crippen molar-refractivity contribution in [2.75, 3.05) is 14.1 Å². The van der Waals surface area contributed by atoms with E-state index in [-0.39, 0.29) is 5.78 Å². The number of carbonyl (C=O) groups is 1. The number of fused-ring (bicyclic) bond motifs is 1. The molecule has 0 saturated heterocycles. The molecule has 4 heteroatoms. The lowest BCUT2D eigenvalue weighted by molar-refractivity contribution is 0.103. The summed E-state index contributed by atoms with van der Waals surface area (Å²) in [7, 11) is 5.74. The van der Waals surface area contributed by atoms with Gasteiger partial charge in [-0.25, -0.2) is 0 Å². The first-order chi connectivity index (χ1) is 7.58. The largest absolute Gasteiger partial charge is 0.383 e. The Labute approximate surface area is 95.5 Å². The maximum atomic E-state index is 12.2. The molecule has 0 fully saturated rings. The quantitative estimate of drug-likeness (QED) is 0.529. The second-order valence-electron chi connectivity index (χ2n) is 4.46. The van der Waals surface area contributed by atoms with Crippen molar-refractivity contribution in [2.45, 2.75) is 19.3 Å². The van der Waals surface area contributed by atoms with Crippen LogP contribution in [0.1, 0.15) is 28.9 Å². The van der Waals surface area contributed by atoms with Gasteiger partial charge in [-0.1, -0.05) is 0 Å². The van der Waals surface area contributed by atoms with Gasteiger partial charge in [0.1, 0.15) is 0 Å². The third kappa shape index (κ3) is 2.01. The van der Waals surface area contributed by atoms with Crippen LogP contribution < -0.4 is 0 Å². The summed E-state index contributed by atoms with van der Waals surface area (Å²) in [5.74, 6) is 0.134. The fourth-order valence-electron chi connectivity index (χ4n) is 2.08. The number of carbonyl (C=O) groups excluding carboxylic acids is 1. The normalized spacial score (nSPS) is 18.4. The van der Waals surface area contributed by atoms with Gasteiger partial charge in [0, 0.05) is 39.1 Å².